The second-order valence-electron chi connectivity index (χ2n) is 6.89. The van der Waals surface area contributed by atoms with E-state index in [2.05, 4.69) is 26.7 Å². The van der Waals surface area contributed by atoms with E-state index in [0.717, 1.165) is 43.5 Å². The van der Waals surface area contributed by atoms with E-state index in [0.29, 0.717) is 35.8 Å². The lowest BCUT2D eigenvalue weighted by Gasteiger charge is -2.26. The Balaban J connectivity index is 1.63. The first-order chi connectivity index (χ1) is 13.2. The summed E-state index contributed by atoms with van der Waals surface area (Å²) >= 11 is 0. The van der Waals surface area contributed by atoms with Crippen LogP contribution in [0.4, 0.5) is 11.8 Å². The van der Waals surface area contributed by atoms with Crippen LogP contribution in [0.1, 0.15) is 36.8 Å². The first-order valence-corrected chi connectivity index (χ1v) is 9.32. The quantitative estimate of drug-likeness (QED) is 0.691. The van der Waals surface area contributed by atoms with E-state index in [1.54, 1.807) is 13.3 Å². The molecule has 0 unspecified atom stereocenters. The molecule has 0 atom stereocenters. The van der Waals surface area contributed by atoms with Crippen molar-refractivity contribution in [3.63, 3.8) is 0 Å². The molecule has 7 heteroatoms. The highest BCUT2D eigenvalue weighted by Crippen LogP contribution is 2.24. The Labute approximate surface area is 160 Å². The summed E-state index contributed by atoms with van der Waals surface area (Å²) in [7, 11) is 1.65. The summed E-state index contributed by atoms with van der Waals surface area (Å²) < 4.78 is 5.36. The van der Waals surface area contributed by atoms with Gasteiger partial charge in [0.05, 0.1) is 13.3 Å². The van der Waals surface area contributed by atoms with Crippen molar-refractivity contribution in [2.75, 3.05) is 24.3 Å². The predicted molar refractivity (Wildman–Crippen MR) is 105 cm³/mol. The van der Waals surface area contributed by atoms with Gasteiger partial charge in [-0.2, -0.15) is 10.2 Å². The lowest BCUT2D eigenvalue weighted by atomic mass is 9.86. The van der Waals surface area contributed by atoms with Crippen molar-refractivity contribution in [3.8, 4) is 11.8 Å². The number of hydrogen-bond donors (Lipinski definition) is 3. The molecule has 142 valence electrons. The summed E-state index contributed by atoms with van der Waals surface area (Å²) in [4.78, 5) is 8.74. The van der Waals surface area contributed by atoms with Gasteiger partial charge in [-0.15, -0.1) is 0 Å². The molecule has 1 aliphatic rings. The van der Waals surface area contributed by atoms with Crippen LogP contribution >= 0.6 is 0 Å². The number of nitrogens with zero attached hydrogens (tertiary/aromatic N) is 3. The topological polar surface area (TPSA) is 109 Å². The lowest BCUT2D eigenvalue weighted by molar-refractivity contribution is 0.338. The molecule has 0 radical (unpaired) electrons. The molecule has 0 saturated heterocycles. The second-order valence-corrected chi connectivity index (χ2v) is 6.89. The molecular formula is C20H26N6O. The van der Waals surface area contributed by atoms with Gasteiger partial charge in [0.1, 0.15) is 23.2 Å². The third-order valence-corrected chi connectivity index (χ3v) is 4.99. The van der Waals surface area contributed by atoms with Crippen LogP contribution in [0.3, 0.4) is 0 Å². The minimum Gasteiger partial charge on any atom is -0.496 e. The molecular weight excluding hydrogens is 340 g/mol. The SMILES string of the molecule is COc1ccccc1CNc1ncc(C#N)c(NC[C@H]2CC[C@H](N)CC2)n1. The lowest BCUT2D eigenvalue weighted by Crippen LogP contribution is -2.29. The molecule has 1 heterocycles. The first kappa shape index (κ1) is 18.9. The molecule has 0 aliphatic heterocycles. The van der Waals surface area contributed by atoms with Gasteiger partial charge in [-0.05, 0) is 37.7 Å². The summed E-state index contributed by atoms with van der Waals surface area (Å²) in [5.74, 6) is 2.43. The molecule has 4 N–H and O–H groups in total. The number of hydrogen-bond acceptors (Lipinski definition) is 7. The number of nitrogens with one attached hydrogen (secondary N) is 2. The zero-order valence-electron chi connectivity index (χ0n) is 15.6. The average Bonchev–Trinajstić information content (AvgIpc) is 2.72. The predicted octanol–water partition coefficient (Wildman–Crippen LogP) is 2.90. The molecule has 0 amide bonds. The minimum absolute atomic E-state index is 0.334. The van der Waals surface area contributed by atoms with Gasteiger partial charge in [0.15, 0.2) is 0 Å². The van der Waals surface area contributed by atoms with Crippen LogP contribution in [-0.2, 0) is 6.54 Å². The largest absolute Gasteiger partial charge is 0.496 e. The van der Waals surface area contributed by atoms with Gasteiger partial charge in [-0.1, -0.05) is 18.2 Å². The van der Waals surface area contributed by atoms with Crippen molar-refractivity contribution in [1.29, 1.82) is 5.26 Å². The van der Waals surface area contributed by atoms with Gasteiger partial charge in [-0.25, -0.2) is 4.98 Å². The number of nitrogens with two attached hydrogens (primary N) is 1. The van der Waals surface area contributed by atoms with E-state index in [1.807, 2.05) is 24.3 Å². The molecule has 1 aliphatic carbocycles. The van der Waals surface area contributed by atoms with Gasteiger partial charge in [-0.3, -0.25) is 0 Å². The Hall–Kier alpha value is -2.85. The fourth-order valence-electron chi connectivity index (χ4n) is 3.34. The highest BCUT2D eigenvalue weighted by atomic mass is 16.5. The van der Waals surface area contributed by atoms with Crippen molar-refractivity contribution in [2.24, 2.45) is 11.7 Å². The molecule has 27 heavy (non-hydrogen) atoms. The monoisotopic (exact) mass is 366 g/mol. The summed E-state index contributed by atoms with van der Waals surface area (Å²) in [5, 5.41) is 15.9. The third kappa shape index (κ3) is 5.08. The molecule has 1 fully saturated rings. The van der Waals surface area contributed by atoms with E-state index >= 15 is 0 Å². The Morgan fingerprint density at radius 2 is 2.00 bits per heavy atom. The van der Waals surface area contributed by atoms with Gasteiger partial charge >= 0.3 is 0 Å². The first-order valence-electron chi connectivity index (χ1n) is 9.32. The number of anilines is 2. The number of para-hydroxylation sites is 1. The van der Waals surface area contributed by atoms with Crippen LogP contribution in [0, 0.1) is 17.2 Å². The number of benzene rings is 1. The highest BCUT2D eigenvalue weighted by Gasteiger charge is 2.19. The summed E-state index contributed by atoms with van der Waals surface area (Å²) in [6, 6.07) is 10.3. The standard InChI is InChI=1S/C20H26N6O/c1-27-18-5-3-2-4-15(18)12-24-20-25-13-16(10-21)19(26-20)23-11-14-6-8-17(22)9-7-14/h2-5,13-14,17H,6-9,11-12,22H2,1H3,(H2,23,24,25,26)/t14-,17-. The van der Waals surface area contributed by atoms with Crippen LogP contribution < -0.4 is 21.1 Å². The molecule has 1 saturated carbocycles. The molecule has 0 spiro atoms. The maximum atomic E-state index is 9.33. The molecule has 7 nitrogen and oxygen atoms in total. The van der Waals surface area contributed by atoms with Crippen LogP contribution in [0.5, 0.6) is 5.75 Å². The van der Waals surface area contributed by atoms with Crippen molar-refractivity contribution >= 4 is 11.8 Å². The normalized spacial score (nSPS) is 19.1. The Morgan fingerprint density at radius 3 is 2.74 bits per heavy atom. The van der Waals surface area contributed by atoms with Gasteiger partial charge < -0.3 is 21.1 Å². The number of ether oxygens (including phenoxy) is 1. The Kier molecular flexibility index (Phi) is 6.44. The Bertz CT molecular complexity index is 795. The number of methoxy groups -OCH3 is 1. The van der Waals surface area contributed by atoms with Crippen molar-refractivity contribution < 1.29 is 4.74 Å². The van der Waals surface area contributed by atoms with E-state index < -0.39 is 0 Å². The van der Waals surface area contributed by atoms with E-state index in [9.17, 15) is 5.26 Å². The molecule has 1 aromatic carbocycles. The zero-order valence-corrected chi connectivity index (χ0v) is 15.6. The molecule has 2 aromatic rings. The van der Waals surface area contributed by atoms with Crippen LogP contribution in [0.25, 0.3) is 0 Å². The minimum atomic E-state index is 0.334. The van der Waals surface area contributed by atoms with Gasteiger partial charge in [0.2, 0.25) is 5.95 Å². The van der Waals surface area contributed by atoms with Crippen molar-refractivity contribution in [2.45, 2.75) is 38.3 Å². The van der Waals surface area contributed by atoms with Crippen molar-refractivity contribution in [3.05, 3.63) is 41.6 Å². The Morgan fingerprint density at radius 1 is 1.22 bits per heavy atom. The highest BCUT2D eigenvalue weighted by molar-refractivity contribution is 5.53. The van der Waals surface area contributed by atoms with Gasteiger partial charge in [0, 0.05) is 24.7 Å². The zero-order chi connectivity index (χ0) is 19.1. The summed E-state index contributed by atoms with van der Waals surface area (Å²) in [6.07, 6.45) is 5.90. The fraction of sp³-hybridized carbons (Fsp3) is 0.450. The number of aromatic nitrogens is 2. The average molecular weight is 366 g/mol. The van der Waals surface area contributed by atoms with Gasteiger partial charge in [0.25, 0.3) is 0 Å². The van der Waals surface area contributed by atoms with Crippen LogP contribution in [0.2, 0.25) is 0 Å². The van der Waals surface area contributed by atoms with Crippen LogP contribution in [-0.4, -0.2) is 29.7 Å². The second kappa shape index (κ2) is 9.19. The van der Waals surface area contributed by atoms with E-state index in [1.165, 1.54) is 0 Å². The number of nitriles is 1. The van der Waals surface area contributed by atoms with E-state index in [-0.39, 0.29) is 0 Å². The molecule has 0 bridgehead atoms. The number of rotatable bonds is 7. The summed E-state index contributed by atoms with van der Waals surface area (Å²) in [5.41, 5.74) is 7.43. The maximum absolute atomic E-state index is 9.33. The van der Waals surface area contributed by atoms with Crippen molar-refractivity contribution in [1.82, 2.24) is 9.97 Å². The maximum Gasteiger partial charge on any atom is 0.224 e. The summed E-state index contributed by atoms with van der Waals surface area (Å²) in [6.45, 7) is 1.33. The van der Waals surface area contributed by atoms with E-state index in [4.69, 9.17) is 10.5 Å². The van der Waals surface area contributed by atoms with Crippen LogP contribution in [0.15, 0.2) is 30.5 Å². The smallest absolute Gasteiger partial charge is 0.224 e. The molecule has 1 aromatic heterocycles. The third-order valence-electron chi connectivity index (χ3n) is 4.99. The molecule has 3 rings (SSSR count). The fourth-order valence-corrected chi connectivity index (χ4v) is 3.34.